The molecule has 2 aromatic carbocycles. The van der Waals surface area contributed by atoms with Crippen molar-refractivity contribution in [2.24, 2.45) is 0 Å². The van der Waals surface area contributed by atoms with Crippen LogP contribution in [0.1, 0.15) is 0 Å². The van der Waals surface area contributed by atoms with Gasteiger partial charge in [-0.15, -0.1) is 0 Å². The third-order valence-corrected chi connectivity index (χ3v) is 5.65. The summed E-state index contributed by atoms with van der Waals surface area (Å²) in [6, 6.07) is 4.25. The SMILES string of the molecule is O=S(=O)(Nc1cc(F)ccc1F)c1c(Br)cc(F)cc1Br. The van der Waals surface area contributed by atoms with E-state index in [2.05, 4.69) is 31.9 Å². The van der Waals surface area contributed by atoms with Crippen LogP contribution >= 0.6 is 31.9 Å². The Balaban J connectivity index is 2.51. The molecular weight excluding hydrogens is 439 g/mol. The smallest absolute Gasteiger partial charge is 0.264 e. The lowest BCUT2D eigenvalue weighted by Crippen LogP contribution is -2.15. The maximum Gasteiger partial charge on any atom is 0.264 e. The molecular formula is C12H6Br2F3NO2S. The van der Waals surface area contributed by atoms with Crippen molar-refractivity contribution in [3.8, 4) is 0 Å². The number of hydrogen-bond acceptors (Lipinski definition) is 2. The highest BCUT2D eigenvalue weighted by atomic mass is 79.9. The van der Waals surface area contributed by atoms with E-state index in [0.29, 0.717) is 6.07 Å². The van der Waals surface area contributed by atoms with E-state index in [-0.39, 0.29) is 13.8 Å². The first-order chi connectivity index (χ1) is 9.70. The molecule has 0 saturated carbocycles. The lowest BCUT2D eigenvalue weighted by Gasteiger charge is -2.12. The lowest BCUT2D eigenvalue weighted by atomic mass is 10.3. The molecule has 2 aromatic rings. The van der Waals surface area contributed by atoms with Gasteiger partial charge in [-0.3, -0.25) is 4.72 Å². The van der Waals surface area contributed by atoms with E-state index in [4.69, 9.17) is 0 Å². The Morgan fingerprint density at radius 1 is 0.905 bits per heavy atom. The van der Waals surface area contributed by atoms with Gasteiger partial charge in [-0.1, -0.05) is 0 Å². The molecule has 0 fully saturated rings. The summed E-state index contributed by atoms with van der Waals surface area (Å²) in [5.41, 5.74) is -0.543. The number of hydrogen-bond donors (Lipinski definition) is 1. The van der Waals surface area contributed by atoms with Crippen LogP contribution in [-0.4, -0.2) is 8.42 Å². The molecule has 3 nitrogen and oxygen atoms in total. The van der Waals surface area contributed by atoms with Crippen LogP contribution in [0.2, 0.25) is 0 Å². The Kier molecular flexibility index (Phi) is 4.64. The summed E-state index contributed by atoms with van der Waals surface area (Å²) in [6.45, 7) is 0. The van der Waals surface area contributed by atoms with E-state index in [1.807, 2.05) is 4.72 Å². The molecule has 0 saturated heterocycles. The monoisotopic (exact) mass is 443 g/mol. The van der Waals surface area contributed by atoms with E-state index in [1.165, 1.54) is 0 Å². The molecule has 0 unspecified atom stereocenters. The highest BCUT2D eigenvalue weighted by Crippen LogP contribution is 2.32. The summed E-state index contributed by atoms with van der Waals surface area (Å²) in [7, 11) is -4.25. The number of benzene rings is 2. The van der Waals surface area contributed by atoms with Crippen molar-refractivity contribution in [3.05, 3.63) is 56.7 Å². The van der Waals surface area contributed by atoms with Crippen LogP contribution in [0, 0.1) is 17.5 Å². The maximum atomic E-state index is 13.5. The molecule has 0 spiro atoms. The number of rotatable bonds is 3. The number of sulfonamides is 1. The Labute approximate surface area is 135 Å². The van der Waals surface area contributed by atoms with E-state index in [9.17, 15) is 21.6 Å². The minimum atomic E-state index is -4.25. The summed E-state index contributed by atoms with van der Waals surface area (Å²) in [6.07, 6.45) is 0. The predicted octanol–water partition coefficient (Wildman–Crippen LogP) is 4.43. The second kappa shape index (κ2) is 5.98. The molecule has 0 heterocycles. The molecule has 0 amide bonds. The Bertz CT molecular complexity index is 789. The molecule has 0 aliphatic carbocycles. The van der Waals surface area contributed by atoms with Crippen molar-refractivity contribution in [2.75, 3.05) is 4.72 Å². The molecule has 0 aliphatic heterocycles. The largest absolute Gasteiger partial charge is 0.276 e. The van der Waals surface area contributed by atoms with Gasteiger partial charge in [-0.25, -0.2) is 21.6 Å². The minimum Gasteiger partial charge on any atom is -0.276 e. The second-order valence-electron chi connectivity index (χ2n) is 3.93. The topological polar surface area (TPSA) is 46.2 Å². The first-order valence-corrected chi connectivity index (χ1v) is 8.40. The van der Waals surface area contributed by atoms with Crippen LogP contribution in [0.5, 0.6) is 0 Å². The molecule has 2 rings (SSSR count). The van der Waals surface area contributed by atoms with Crippen LogP contribution in [0.25, 0.3) is 0 Å². The minimum absolute atomic E-state index is 0.0568. The Morgan fingerprint density at radius 2 is 1.48 bits per heavy atom. The summed E-state index contributed by atoms with van der Waals surface area (Å²) >= 11 is 5.85. The zero-order chi connectivity index (χ0) is 15.8. The van der Waals surface area contributed by atoms with Gasteiger partial charge in [0.2, 0.25) is 0 Å². The van der Waals surface area contributed by atoms with Crippen LogP contribution in [0.15, 0.2) is 44.2 Å². The highest BCUT2D eigenvalue weighted by molar-refractivity contribution is 9.11. The molecule has 0 aliphatic rings. The van der Waals surface area contributed by atoms with Crippen molar-refractivity contribution < 1.29 is 21.6 Å². The van der Waals surface area contributed by atoms with Crippen LogP contribution in [-0.2, 0) is 10.0 Å². The maximum absolute atomic E-state index is 13.5. The zero-order valence-electron chi connectivity index (χ0n) is 10.0. The summed E-state index contributed by atoms with van der Waals surface area (Å²) in [5.74, 6) is -2.40. The van der Waals surface area contributed by atoms with E-state index >= 15 is 0 Å². The number of nitrogens with one attached hydrogen (secondary N) is 1. The molecule has 1 N–H and O–H groups in total. The Morgan fingerprint density at radius 3 is 2.05 bits per heavy atom. The van der Waals surface area contributed by atoms with Gasteiger partial charge in [-0.2, -0.15) is 0 Å². The normalized spacial score (nSPS) is 11.5. The fourth-order valence-electron chi connectivity index (χ4n) is 1.56. The first-order valence-electron chi connectivity index (χ1n) is 5.33. The van der Waals surface area contributed by atoms with E-state index < -0.39 is 33.2 Å². The standard InChI is InChI=1S/C12H6Br2F3NO2S/c13-8-3-7(16)4-9(14)12(8)21(19,20)18-11-5-6(15)1-2-10(11)17/h1-5,18H. The van der Waals surface area contributed by atoms with Gasteiger partial charge >= 0.3 is 0 Å². The summed E-state index contributed by atoms with van der Waals surface area (Å²) in [4.78, 5) is -0.326. The lowest BCUT2D eigenvalue weighted by molar-refractivity contribution is 0.592. The van der Waals surface area contributed by atoms with Gasteiger partial charge < -0.3 is 0 Å². The van der Waals surface area contributed by atoms with Gasteiger partial charge in [0.1, 0.15) is 22.3 Å². The van der Waals surface area contributed by atoms with Gasteiger partial charge in [0, 0.05) is 15.0 Å². The van der Waals surface area contributed by atoms with E-state index in [1.54, 1.807) is 0 Å². The number of halogens is 5. The summed E-state index contributed by atoms with van der Waals surface area (Å²) in [5, 5.41) is 0. The Hall–Kier alpha value is -1.06. The highest BCUT2D eigenvalue weighted by Gasteiger charge is 2.23. The van der Waals surface area contributed by atoms with Crippen molar-refractivity contribution in [1.82, 2.24) is 0 Å². The molecule has 0 bridgehead atoms. The fraction of sp³-hybridized carbons (Fsp3) is 0. The van der Waals surface area contributed by atoms with E-state index in [0.717, 1.165) is 24.3 Å². The molecule has 21 heavy (non-hydrogen) atoms. The fourth-order valence-corrected chi connectivity index (χ4v) is 5.15. The van der Waals surface area contributed by atoms with Gasteiger partial charge in [-0.05, 0) is 56.1 Å². The molecule has 9 heteroatoms. The van der Waals surface area contributed by atoms with Crippen molar-refractivity contribution in [2.45, 2.75) is 4.90 Å². The zero-order valence-corrected chi connectivity index (χ0v) is 14.0. The summed E-state index contributed by atoms with van der Waals surface area (Å²) < 4.78 is 66.0. The quantitative estimate of drug-likeness (QED) is 0.761. The third-order valence-electron chi connectivity index (χ3n) is 2.40. The molecule has 0 aromatic heterocycles. The van der Waals surface area contributed by atoms with Gasteiger partial charge in [0.25, 0.3) is 10.0 Å². The third kappa shape index (κ3) is 3.58. The average molecular weight is 445 g/mol. The van der Waals surface area contributed by atoms with Crippen LogP contribution in [0.4, 0.5) is 18.9 Å². The van der Waals surface area contributed by atoms with Crippen molar-refractivity contribution >= 4 is 47.6 Å². The van der Waals surface area contributed by atoms with Crippen molar-refractivity contribution in [3.63, 3.8) is 0 Å². The van der Waals surface area contributed by atoms with Crippen LogP contribution < -0.4 is 4.72 Å². The first kappa shape index (κ1) is 16.3. The predicted molar refractivity (Wildman–Crippen MR) is 79.0 cm³/mol. The molecule has 112 valence electrons. The van der Waals surface area contributed by atoms with Crippen molar-refractivity contribution in [1.29, 1.82) is 0 Å². The van der Waals surface area contributed by atoms with Gasteiger partial charge in [0.05, 0.1) is 5.69 Å². The van der Waals surface area contributed by atoms with Crippen LogP contribution in [0.3, 0.4) is 0 Å². The second-order valence-corrected chi connectivity index (χ2v) is 7.26. The average Bonchev–Trinajstić information content (AvgIpc) is 2.31. The number of anilines is 1. The molecule has 0 atom stereocenters. The molecule has 0 radical (unpaired) electrons. The van der Waals surface area contributed by atoms with Gasteiger partial charge in [0.15, 0.2) is 0 Å².